The van der Waals surface area contributed by atoms with E-state index in [0.29, 0.717) is 0 Å². The van der Waals surface area contributed by atoms with E-state index in [-0.39, 0.29) is 11.8 Å². The molecule has 0 saturated carbocycles. The molecule has 23 heavy (non-hydrogen) atoms. The Hall–Kier alpha value is -2.37. The number of aliphatic carboxylic acids is 1. The van der Waals surface area contributed by atoms with E-state index in [2.05, 4.69) is 30.8 Å². The van der Waals surface area contributed by atoms with Crippen LogP contribution in [0.1, 0.15) is 38.8 Å². The van der Waals surface area contributed by atoms with Crippen molar-refractivity contribution in [3.63, 3.8) is 0 Å². The molecule has 0 unspecified atom stereocenters. The molecule has 1 atom stereocenters. The van der Waals surface area contributed by atoms with Crippen molar-refractivity contribution in [1.29, 1.82) is 0 Å². The molecule has 0 spiro atoms. The number of rotatable bonds is 6. The Bertz CT molecular complexity index is 572. The molecule has 6 nitrogen and oxygen atoms in total. The van der Waals surface area contributed by atoms with Crippen LogP contribution in [-0.2, 0) is 31.0 Å². The summed E-state index contributed by atoms with van der Waals surface area (Å²) in [6.07, 6.45) is 0.158. The molecule has 0 aromatic heterocycles. The van der Waals surface area contributed by atoms with Crippen LogP contribution in [0.3, 0.4) is 0 Å². The minimum atomic E-state index is -1.14. The lowest BCUT2D eigenvalue weighted by atomic mass is 9.86. The molecule has 0 saturated heterocycles. The van der Waals surface area contributed by atoms with Gasteiger partial charge in [0.25, 0.3) is 5.91 Å². The van der Waals surface area contributed by atoms with Crippen molar-refractivity contribution in [1.82, 2.24) is 5.32 Å². The third kappa shape index (κ3) is 6.50. The normalized spacial score (nSPS) is 12.3. The number of nitrogens with one attached hydrogen (secondary N) is 1. The lowest BCUT2D eigenvalue weighted by molar-refractivity contribution is -0.148. The maximum Gasteiger partial charge on any atom is 0.326 e. The van der Waals surface area contributed by atoms with Gasteiger partial charge in [0.15, 0.2) is 6.61 Å². The number of hydrogen-bond acceptors (Lipinski definition) is 4. The van der Waals surface area contributed by atoms with Crippen LogP contribution in [0.5, 0.6) is 0 Å². The number of carbonyl (C=O) groups is 3. The Morgan fingerprint density at radius 1 is 1.17 bits per heavy atom. The molecule has 0 fully saturated rings. The predicted octanol–water partition coefficient (Wildman–Crippen LogP) is 1.66. The van der Waals surface area contributed by atoms with E-state index in [1.807, 2.05) is 24.3 Å². The van der Waals surface area contributed by atoms with Crippen LogP contribution in [0, 0.1) is 0 Å². The molecule has 6 heteroatoms. The van der Waals surface area contributed by atoms with Crippen molar-refractivity contribution in [2.24, 2.45) is 0 Å². The Labute approximate surface area is 135 Å². The van der Waals surface area contributed by atoms with E-state index >= 15 is 0 Å². The van der Waals surface area contributed by atoms with Crippen molar-refractivity contribution in [2.45, 2.75) is 45.6 Å². The maximum atomic E-state index is 11.6. The Balaban J connectivity index is 2.71. The van der Waals surface area contributed by atoms with Gasteiger partial charge in [-0.3, -0.25) is 9.59 Å². The van der Waals surface area contributed by atoms with Gasteiger partial charge in [-0.25, -0.2) is 4.79 Å². The predicted molar refractivity (Wildman–Crippen MR) is 85.0 cm³/mol. The molecular weight excluding hydrogens is 298 g/mol. The highest BCUT2D eigenvalue weighted by atomic mass is 16.5. The smallest absolute Gasteiger partial charge is 0.326 e. The molecule has 126 valence electrons. The van der Waals surface area contributed by atoms with Crippen LogP contribution in [0.25, 0.3) is 0 Å². The highest BCUT2D eigenvalue weighted by molar-refractivity contribution is 5.85. The van der Waals surface area contributed by atoms with Crippen molar-refractivity contribution >= 4 is 17.8 Å². The van der Waals surface area contributed by atoms with Crippen LogP contribution >= 0.6 is 0 Å². The largest absolute Gasteiger partial charge is 0.480 e. The van der Waals surface area contributed by atoms with E-state index < -0.39 is 30.5 Å². The first-order chi connectivity index (χ1) is 10.6. The number of carboxylic acid groups (broad SMARTS) is 1. The van der Waals surface area contributed by atoms with Gasteiger partial charge in [0.1, 0.15) is 6.04 Å². The van der Waals surface area contributed by atoms with Gasteiger partial charge in [0.2, 0.25) is 0 Å². The Morgan fingerprint density at radius 3 is 2.17 bits per heavy atom. The monoisotopic (exact) mass is 321 g/mol. The first-order valence-electron chi connectivity index (χ1n) is 7.34. The lowest BCUT2D eigenvalue weighted by Crippen LogP contribution is -2.44. The molecule has 0 heterocycles. The van der Waals surface area contributed by atoms with E-state index in [1.165, 1.54) is 6.92 Å². The zero-order chi connectivity index (χ0) is 17.6. The average Bonchev–Trinajstić information content (AvgIpc) is 2.44. The minimum absolute atomic E-state index is 0.0168. The van der Waals surface area contributed by atoms with Crippen molar-refractivity contribution in [3.8, 4) is 0 Å². The average molecular weight is 321 g/mol. The first-order valence-corrected chi connectivity index (χ1v) is 7.34. The van der Waals surface area contributed by atoms with Crippen molar-refractivity contribution in [2.75, 3.05) is 6.61 Å². The molecule has 0 aliphatic heterocycles. The fourth-order valence-electron chi connectivity index (χ4n) is 1.98. The highest BCUT2D eigenvalue weighted by Crippen LogP contribution is 2.22. The summed E-state index contributed by atoms with van der Waals surface area (Å²) in [5, 5.41) is 11.6. The zero-order valence-corrected chi connectivity index (χ0v) is 13.9. The standard InChI is InChI=1S/C17H23NO5/c1-11(19)23-10-15(20)18-14(16(21)22)9-12-5-7-13(8-6-12)17(2,3)4/h5-8,14H,9-10H2,1-4H3,(H,18,20)(H,21,22)/t14-/m0/s1. The summed E-state index contributed by atoms with van der Waals surface area (Å²) in [7, 11) is 0. The number of carboxylic acids is 1. The number of esters is 1. The summed E-state index contributed by atoms with van der Waals surface area (Å²) >= 11 is 0. The van der Waals surface area contributed by atoms with Gasteiger partial charge in [-0.05, 0) is 16.5 Å². The number of hydrogen-bond donors (Lipinski definition) is 2. The summed E-state index contributed by atoms with van der Waals surface area (Å²) < 4.78 is 4.54. The van der Waals surface area contributed by atoms with Gasteiger partial charge in [-0.1, -0.05) is 45.0 Å². The van der Waals surface area contributed by atoms with Crippen LogP contribution in [0.15, 0.2) is 24.3 Å². The Kier molecular flexibility index (Phi) is 6.30. The fourth-order valence-corrected chi connectivity index (χ4v) is 1.98. The van der Waals surface area contributed by atoms with E-state index in [0.717, 1.165) is 11.1 Å². The van der Waals surface area contributed by atoms with E-state index in [1.54, 1.807) is 0 Å². The van der Waals surface area contributed by atoms with Gasteiger partial charge in [0, 0.05) is 13.3 Å². The second-order valence-corrected chi connectivity index (χ2v) is 6.39. The summed E-state index contributed by atoms with van der Waals surface area (Å²) in [6, 6.07) is 6.55. The molecule has 1 aromatic rings. The third-order valence-corrected chi connectivity index (χ3v) is 3.30. The third-order valence-electron chi connectivity index (χ3n) is 3.30. The number of amides is 1. The molecular formula is C17H23NO5. The van der Waals surface area contributed by atoms with Gasteiger partial charge >= 0.3 is 11.9 Å². The summed E-state index contributed by atoms with van der Waals surface area (Å²) in [5.41, 5.74) is 1.97. The molecule has 0 aliphatic carbocycles. The number of benzene rings is 1. The quantitative estimate of drug-likeness (QED) is 0.777. The molecule has 1 amide bonds. The number of carbonyl (C=O) groups excluding carboxylic acids is 2. The fraction of sp³-hybridized carbons (Fsp3) is 0.471. The maximum absolute atomic E-state index is 11.6. The van der Waals surface area contributed by atoms with Crippen molar-refractivity contribution < 1.29 is 24.2 Å². The highest BCUT2D eigenvalue weighted by Gasteiger charge is 2.21. The first kappa shape index (κ1) is 18.7. The molecule has 2 N–H and O–H groups in total. The molecule has 0 aliphatic rings. The van der Waals surface area contributed by atoms with Crippen molar-refractivity contribution in [3.05, 3.63) is 35.4 Å². The van der Waals surface area contributed by atoms with Crippen LogP contribution in [0.2, 0.25) is 0 Å². The summed E-state index contributed by atoms with van der Waals surface area (Å²) in [6.45, 7) is 6.98. The summed E-state index contributed by atoms with van der Waals surface area (Å²) in [4.78, 5) is 33.5. The van der Waals surface area contributed by atoms with Gasteiger partial charge in [-0.15, -0.1) is 0 Å². The lowest BCUT2D eigenvalue weighted by Gasteiger charge is -2.20. The molecule has 1 aromatic carbocycles. The van der Waals surface area contributed by atoms with Gasteiger partial charge in [-0.2, -0.15) is 0 Å². The second kappa shape index (κ2) is 7.76. The SMILES string of the molecule is CC(=O)OCC(=O)N[C@@H](Cc1ccc(C(C)(C)C)cc1)C(=O)O. The molecule has 1 rings (SSSR count). The van der Waals surface area contributed by atoms with Crippen LogP contribution in [-0.4, -0.2) is 35.6 Å². The molecule has 0 radical (unpaired) electrons. The molecule has 0 bridgehead atoms. The van der Waals surface area contributed by atoms with Crippen LogP contribution in [0.4, 0.5) is 0 Å². The van der Waals surface area contributed by atoms with Crippen LogP contribution < -0.4 is 5.32 Å². The number of ether oxygens (including phenoxy) is 1. The Morgan fingerprint density at radius 2 is 1.74 bits per heavy atom. The summed E-state index contributed by atoms with van der Waals surface area (Å²) in [5.74, 6) is -2.37. The van der Waals surface area contributed by atoms with Gasteiger partial charge in [0.05, 0.1) is 0 Å². The van der Waals surface area contributed by atoms with E-state index in [9.17, 15) is 19.5 Å². The van der Waals surface area contributed by atoms with Gasteiger partial charge < -0.3 is 15.2 Å². The topological polar surface area (TPSA) is 92.7 Å². The minimum Gasteiger partial charge on any atom is -0.480 e. The second-order valence-electron chi connectivity index (χ2n) is 6.39. The zero-order valence-electron chi connectivity index (χ0n) is 13.9. The van der Waals surface area contributed by atoms with E-state index in [4.69, 9.17) is 0 Å².